The highest BCUT2D eigenvalue weighted by atomic mass is 31.1. The first-order valence-electron chi connectivity index (χ1n) is 0.787. The second-order valence-corrected chi connectivity index (χ2v) is 0.387. The Morgan fingerprint density at radius 2 is 1.80 bits per heavy atom. The predicted molar refractivity (Wildman–Crippen MR) is 20.4 cm³/mol. The Balaban J connectivity index is 0. The molecule has 0 fully saturated rings. The van der Waals surface area contributed by atoms with Crippen molar-refractivity contribution in [1.29, 1.82) is 0 Å². The Labute approximate surface area is 35.5 Å². The van der Waals surface area contributed by atoms with E-state index in [0.29, 0.717) is 0 Å². The summed E-state index contributed by atoms with van der Waals surface area (Å²) in [6.07, 6.45) is 0. The first-order valence-corrected chi connectivity index (χ1v) is 2.36. The first kappa shape index (κ1) is 8.97. The second-order valence-electron chi connectivity index (χ2n) is 0.129. The van der Waals surface area contributed by atoms with Crippen LogP contribution in [0.15, 0.2) is 0 Å². The van der Waals surface area contributed by atoms with Crippen molar-refractivity contribution >= 4 is 19.0 Å². The van der Waals surface area contributed by atoms with Crippen LogP contribution in [0.1, 0.15) is 0 Å². The molecule has 0 spiro atoms. The monoisotopic (exact) mass is 108 g/mol. The molecule has 0 aromatic heterocycles. The minimum atomic E-state index is -0.0833. The highest BCUT2D eigenvalue weighted by Crippen LogP contribution is 1.47. The van der Waals surface area contributed by atoms with E-state index in [1.165, 1.54) is 0 Å². The van der Waals surface area contributed by atoms with E-state index < -0.39 is 0 Å². The molecule has 0 saturated heterocycles. The minimum Gasteiger partial charge on any atom is -0.354 e. The fourth-order valence-electron chi connectivity index (χ4n) is 0. The van der Waals surface area contributed by atoms with Crippen molar-refractivity contribution in [2.45, 2.75) is 0 Å². The van der Waals surface area contributed by atoms with Gasteiger partial charge in [0.1, 0.15) is 10.4 Å². The molecule has 0 aromatic carbocycles. The van der Waals surface area contributed by atoms with Crippen molar-refractivity contribution < 1.29 is 10.1 Å². The van der Waals surface area contributed by atoms with Crippen LogP contribution in [0.25, 0.3) is 0 Å². The summed E-state index contributed by atoms with van der Waals surface area (Å²) in [5, 5.41) is 4.31. The molecule has 3 radical (unpaired) electrons. The molecular formula is H5N2OPSi+. The van der Waals surface area contributed by atoms with Gasteiger partial charge in [-0.3, -0.25) is 5.50 Å². The topological polar surface area (TPSA) is 70.7 Å². The van der Waals surface area contributed by atoms with Crippen LogP contribution in [0, 0.1) is 0 Å². The van der Waals surface area contributed by atoms with Crippen molar-refractivity contribution in [3.63, 3.8) is 0 Å². The Morgan fingerprint density at radius 1 is 1.80 bits per heavy atom. The summed E-state index contributed by atoms with van der Waals surface area (Å²) in [6.45, 7) is 0. The minimum absolute atomic E-state index is 0.0833. The van der Waals surface area contributed by atoms with Gasteiger partial charge in [0.05, 0.1) is 0 Å². The van der Waals surface area contributed by atoms with Gasteiger partial charge in [-0.15, -0.1) is 0 Å². The molecule has 0 atom stereocenters. The van der Waals surface area contributed by atoms with E-state index in [1.807, 2.05) is 0 Å². The van der Waals surface area contributed by atoms with Crippen LogP contribution in [-0.4, -0.2) is 10.4 Å². The molecule has 5 N–H and O–H groups in total. The summed E-state index contributed by atoms with van der Waals surface area (Å²) in [6, 6.07) is 0. The van der Waals surface area contributed by atoms with Gasteiger partial charge in [-0.2, -0.15) is 0 Å². The SMILES string of the molecule is N[Si].[NH3+]P=O. The van der Waals surface area contributed by atoms with Gasteiger partial charge in [0.15, 0.2) is 0 Å². The lowest BCUT2D eigenvalue weighted by molar-refractivity contribution is -0.154. The third-order valence-corrected chi connectivity index (χ3v) is 0. The van der Waals surface area contributed by atoms with E-state index in [4.69, 9.17) is 4.57 Å². The zero-order valence-electron chi connectivity index (χ0n) is 2.64. The molecule has 5 heteroatoms. The van der Waals surface area contributed by atoms with E-state index in [-0.39, 0.29) is 8.61 Å². The van der Waals surface area contributed by atoms with Crippen LogP contribution >= 0.6 is 8.61 Å². The van der Waals surface area contributed by atoms with Gasteiger partial charge in [-0.05, 0) is 0 Å². The average Bonchev–Trinajstić information content (AvgIpc) is 1.46. The summed E-state index contributed by atoms with van der Waals surface area (Å²) in [5.74, 6) is 0. The fraction of sp³-hybridized carbons (Fsp3) is 0. The molecule has 5 heavy (non-hydrogen) atoms. The van der Waals surface area contributed by atoms with E-state index in [9.17, 15) is 0 Å². The summed E-state index contributed by atoms with van der Waals surface area (Å²) >= 11 is 0. The lowest BCUT2D eigenvalue weighted by Gasteiger charge is -1.19. The lowest BCUT2D eigenvalue weighted by Crippen LogP contribution is -2.29. The standard InChI is InChI=1S/H2NOP.H2NSi/c1-3-2;1-2/h(H2,1,2);1H2/p+1. The molecule has 0 bridgehead atoms. The molecule has 0 aliphatic heterocycles. The second kappa shape index (κ2) is 29.0. The molecule has 0 saturated carbocycles. The molecule has 0 aliphatic rings. The maximum atomic E-state index is 8.79. The Kier molecular flexibility index (Phi) is 52.1. The van der Waals surface area contributed by atoms with Crippen LogP contribution < -0.4 is 10.9 Å². The van der Waals surface area contributed by atoms with Crippen molar-refractivity contribution in [2.24, 2.45) is 5.40 Å². The van der Waals surface area contributed by atoms with Crippen molar-refractivity contribution in [3.8, 4) is 0 Å². The third-order valence-electron chi connectivity index (χ3n) is 0. The molecule has 0 aliphatic carbocycles. The van der Waals surface area contributed by atoms with Gasteiger partial charge in [0.2, 0.25) is 0 Å². The molecular weight excluding hydrogens is 103 g/mol. The number of quaternary nitrogens is 1. The van der Waals surface area contributed by atoms with E-state index in [0.717, 1.165) is 0 Å². The van der Waals surface area contributed by atoms with Gasteiger partial charge in [-0.1, -0.05) is 0 Å². The molecule has 0 aromatic rings. The quantitative estimate of drug-likeness (QED) is 0.292. The molecule has 0 rings (SSSR count). The number of hydrogen-bond donors (Lipinski definition) is 2. The van der Waals surface area contributed by atoms with Crippen molar-refractivity contribution in [1.82, 2.24) is 0 Å². The van der Waals surface area contributed by atoms with Gasteiger partial charge >= 0.3 is 8.61 Å². The fourth-order valence-corrected chi connectivity index (χ4v) is 0. The summed E-state index contributed by atoms with van der Waals surface area (Å²) in [5.41, 5.74) is 2.90. The largest absolute Gasteiger partial charge is 0.417 e. The van der Waals surface area contributed by atoms with Gasteiger partial charge in [0.25, 0.3) is 0 Å². The Morgan fingerprint density at radius 3 is 1.80 bits per heavy atom. The molecule has 3 nitrogen and oxygen atoms in total. The van der Waals surface area contributed by atoms with E-state index in [2.05, 4.69) is 21.3 Å². The normalized spacial score (nSPS) is 5.40. The highest BCUT2D eigenvalue weighted by Gasteiger charge is 1.35. The van der Waals surface area contributed by atoms with Crippen LogP contribution in [-0.2, 0) is 4.57 Å². The van der Waals surface area contributed by atoms with Crippen LogP contribution in [0.2, 0.25) is 0 Å². The third kappa shape index (κ3) is 378. The molecule has 0 heterocycles. The maximum Gasteiger partial charge on any atom is 0.417 e. The molecule has 0 unspecified atom stereocenters. The zero-order chi connectivity index (χ0) is 4.71. The van der Waals surface area contributed by atoms with E-state index >= 15 is 0 Å². The zero-order valence-corrected chi connectivity index (χ0v) is 4.53. The van der Waals surface area contributed by atoms with E-state index in [1.54, 1.807) is 0 Å². The van der Waals surface area contributed by atoms with Gasteiger partial charge in [0, 0.05) is 0 Å². The Hall–Kier alpha value is 0.237. The summed E-state index contributed by atoms with van der Waals surface area (Å²) < 4.78 is 8.79. The van der Waals surface area contributed by atoms with Gasteiger partial charge in [-0.25, -0.2) is 4.57 Å². The maximum absolute atomic E-state index is 8.79. The van der Waals surface area contributed by atoms with Crippen molar-refractivity contribution in [2.75, 3.05) is 0 Å². The van der Waals surface area contributed by atoms with Crippen LogP contribution in [0.4, 0.5) is 0 Å². The molecule has 29 valence electrons. The van der Waals surface area contributed by atoms with Crippen LogP contribution in [0.3, 0.4) is 0 Å². The average molecular weight is 108 g/mol. The van der Waals surface area contributed by atoms with Crippen LogP contribution in [0.5, 0.6) is 0 Å². The predicted octanol–water partition coefficient (Wildman–Crippen LogP) is -1.54. The number of hydrogen-bond acceptors (Lipinski definition) is 2. The molecule has 0 amide bonds. The highest BCUT2D eigenvalue weighted by molar-refractivity contribution is 7.14. The first-order chi connectivity index (χ1) is 2.41. The summed E-state index contributed by atoms with van der Waals surface area (Å²) in [4.78, 5) is 0. The lowest BCUT2D eigenvalue weighted by atomic mass is 13.9. The number of nitrogens with two attached hydrogens (primary N) is 1. The van der Waals surface area contributed by atoms with Gasteiger partial charge < -0.3 is 5.40 Å². The summed E-state index contributed by atoms with van der Waals surface area (Å²) in [7, 11) is 2.39. The Bertz CT molecular complexity index is 17.1. The van der Waals surface area contributed by atoms with Crippen molar-refractivity contribution in [3.05, 3.63) is 0 Å². The number of rotatable bonds is 0. The smallest absolute Gasteiger partial charge is 0.354 e.